The van der Waals surface area contributed by atoms with E-state index in [4.69, 9.17) is 10.00 Å². The number of methoxy groups -OCH3 is 1. The number of carbonyl (C=O) groups is 1. The van der Waals surface area contributed by atoms with Crippen LogP contribution in [0.4, 0.5) is 11.4 Å². The molecular formula is C19H16N4O2. The number of amides is 1. The van der Waals surface area contributed by atoms with Crippen molar-refractivity contribution in [2.24, 2.45) is 0 Å². The van der Waals surface area contributed by atoms with E-state index in [0.29, 0.717) is 22.7 Å². The minimum atomic E-state index is -0.607. The Kier molecular flexibility index (Phi) is 5.76. The smallest absolute Gasteiger partial charge is 0.267 e. The van der Waals surface area contributed by atoms with Gasteiger partial charge in [-0.25, -0.2) is 0 Å². The molecule has 2 rings (SSSR count). The van der Waals surface area contributed by atoms with E-state index >= 15 is 0 Å². The number of hydrogen-bond acceptors (Lipinski definition) is 5. The van der Waals surface area contributed by atoms with E-state index in [1.165, 1.54) is 13.3 Å². The Hall–Kier alpha value is -3.77. The highest BCUT2D eigenvalue weighted by atomic mass is 16.5. The summed E-state index contributed by atoms with van der Waals surface area (Å²) in [5, 5.41) is 23.8. The van der Waals surface area contributed by atoms with E-state index in [2.05, 4.69) is 10.6 Å². The lowest BCUT2D eigenvalue weighted by Crippen LogP contribution is -2.15. The third-order valence-corrected chi connectivity index (χ3v) is 3.39. The molecule has 0 aliphatic heterocycles. The maximum atomic E-state index is 12.3. The summed E-state index contributed by atoms with van der Waals surface area (Å²) in [4.78, 5) is 12.3. The van der Waals surface area contributed by atoms with Gasteiger partial charge in [0.25, 0.3) is 5.91 Å². The summed E-state index contributed by atoms with van der Waals surface area (Å²) in [5.41, 5.74) is 2.19. The minimum absolute atomic E-state index is 0.128. The number of nitrogens with one attached hydrogen (secondary N) is 2. The molecular weight excluding hydrogens is 316 g/mol. The summed E-state index contributed by atoms with van der Waals surface area (Å²) >= 11 is 0. The molecule has 0 unspecified atom stereocenters. The van der Waals surface area contributed by atoms with Crippen LogP contribution in [-0.4, -0.2) is 13.0 Å². The van der Waals surface area contributed by atoms with Crippen LogP contribution in [0.5, 0.6) is 5.75 Å². The van der Waals surface area contributed by atoms with Crippen molar-refractivity contribution in [1.82, 2.24) is 0 Å². The van der Waals surface area contributed by atoms with Gasteiger partial charge in [0.15, 0.2) is 0 Å². The zero-order valence-corrected chi connectivity index (χ0v) is 13.8. The van der Waals surface area contributed by atoms with Gasteiger partial charge in [-0.1, -0.05) is 18.2 Å². The average molecular weight is 332 g/mol. The van der Waals surface area contributed by atoms with Crippen LogP contribution in [0.3, 0.4) is 0 Å². The lowest BCUT2D eigenvalue weighted by Gasteiger charge is -2.10. The van der Waals surface area contributed by atoms with Crippen LogP contribution in [0.1, 0.15) is 11.1 Å². The second-order valence-corrected chi connectivity index (χ2v) is 5.13. The van der Waals surface area contributed by atoms with Crippen molar-refractivity contribution < 1.29 is 9.53 Å². The van der Waals surface area contributed by atoms with Crippen molar-refractivity contribution in [3.8, 4) is 17.9 Å². The zero-order chi connectivity index (χ0) is 18.2. The Balaban J connectivity index is 2.21. The number of nitrogens with zero attached hydrogens (tertiary/aromatic N) is 2. The van der Waals surface area contributed by atoms with Crippen molar-refractivity contribution in [2.45, 2.75) is 6.92 Å². The highest BCUT2D eigenvalue weighted by molar-refractivity contribution is 6.07. The molecule has 0 aliphatic rings. The Morgan fingerprint density at radius 3 is 2.60 bits per heavy atom. The van der Waals surface area contributed by atoms with Gasteiger partial charge in [-0.3, -0.25) is 4.79 Å². The largest absolute Gasteiger partial charge is 0.495 e. The molecule has 25 heavy (non-hydrogen) atoms. The molecule has 0 spiro atoms. The van der Waals surface area contributed by atoms with Gasteiger partial charge in [0.1, 0.15) is 23.5 Å². The number of aryl methyl sites for hydroxylation is 1. The quantitative estimate of drug-likeness (QED) is 0.646. The number of rotatable bonds is 5. The highest BCUT2D eigenvalue weighted by Gasteiger charge is 2.12. The molecule has 0 heterocycles. The highest BCUT2D eigenvalue weighted by Crippen LogP contribution is 2.25. The molecule has 0 saturated carbocycles. The molecule has 0 aromatic heterocycles. The monoisotopic (exact) mass is 332 g/mol. The van der Waals surface area contributed by atoms with Crippen LogP contribution in [0.2, 0.25) is 0 Å². The number of para-hydroxylation sites is 1. The third kappa shape index (κ3) is 4.37. The van der Waals surface area contributed by atoms with E-state index in [9.17, 15) is 10.1 Å². The normalized spacial score (nSPS) is 10.3. The van der Waals surface area contributed by atoms with Gasteiger partial charge < -0.3 is 15.4 Å². The fourth-order valence-corrected chi connectivity index (χ4v) is 2.11. The zero-order valence-electron chi connectivity index (χ0n) is 13.8. The summed E-state index contributed by atoms with van der Waals surface area (Å²) in [6.45, 7) is 1.92. The third-order valence-electron chi connectivity index (χ3n) is 3.39. The van der Waals surface area contributed by atoms with Gasteiger partial charge in [-0.15, -0.1) is 0 Å². The second-order valence-electron chi connectivity index (χ2n) is 5.13. The molecule has 0 aliphatic carbocycles. The molecule has 0 saturated heterocycles. The second kappa shape index (κ2) is 8.19. The van der Waals surface area contributed by atoms with Gasteiger partial charge in [-0.2, -0.15) is 10.5 Å². The standard InChI is InChI=1S/C19H16N4O2/c1-13-7-8-18(25-2)17(9-13)22-12-15(11-21)19(24)23-16-6-4-3-5-14(16)10-20/h3-9,12,22H,1-2H3,(H,23,24)/b15-12-. The predicted octanol–water partition coefficient (Wildman–Crippen LogP) is 3.33. The number of anilines is 2. The van der Waals surface area contributed by atoms with Crippen LogP contribution in [-0.2, 0) is 4.79 Å². The van der Waals surface area contributed by atoms with Crippen molar-refractivity contribution >= 4 is 17.3 Å². The lowest BCUT2D eigenvalue weighted by molar-refractivity contribution is -0.112. The molecule has 0 atom stereocenters. The molecule has 1 amide bonds. The van der Waals surface area contributed by atoms with E-state index in [0.717, 1.165) is 5.56 Å². The van der Waals surface area contributed by atoms with Crippen molar-refractivity contribution in [3.63, 3.8) is 0 Å². The van der Waals surface area contributed by atoms with Crippen LogP contribution in [0.15, 0.2) is 54.2 Å². The minimum Gasteiger partial charge on any atom is -0.495 e. The number of hydrogen-bond donors (Lipinski definition) is 2. The van der Waals surface area contributed by atoms with Gasteiger partial charge >= 0.3 is 0 Å². The van der Waals surface area contributed by atoms with E-state index in [1.54, 1.807) is 30.3 Å². The van der Waals surface area contributed by atoms with Gasteiger partial charge in [0.05, 0.1) is 24.0 Å². The first-order chi connectivity index (χ1) is 12.1. The summed E-state index contributed by atoms with van der Waals surface area (Å²) in [6, 6.07) is 15.9. The number of nitriles is 2. The Bertz CT molecular complexity index is 904. The molecule has 2 aromatic rings. The number of benzene rings is 2. The molecule has 6 heteroatoms. The van der Waals surface area contributed by atoms with E-state index in [1.807, 2.05) is 31.2 Å². The first-order valence-electron chi connectivity index (χ1n) is 7.41. The molecule has 124 valence electrons. The molecule has 0 fully saturated rings. The molecule has 2 N–H and O–H groups in total. The first-order valence-corrected chi connectivity index (χ1v) is 7.41. The fraction of sp³-hybridized carbons (Fsp3) is 0.105. The van der Waals surface area contributed by atoms with Crippen molar-refractivity contribution in [3.05, 3.63) is 65.4 Å². The predicted molar refractivity (Wildman–Crippen MR) is 94.8 cm³/mol. The Morgan fingerprint density at radius 1 is 1.16 bits per heavy atom. The first kappa shape index (κ1) is 17.6. The molecule has 0 bridgehead atoms. The average Bonchev–Trinajstić information content (AvgIpc) is 2.63. The van der Waals surface area contributed by atoms with Crippen LogP contribution < -0.4 is 15.4 Å². The van der Waals surface area contributed by atoms with Crippen LogP contribution >= 0.6 is 0 Å². The molecule has 2 aromatic carbocycles. The number of carbonyl (C=O) groups excluding carboxylic acids is 1. The van der Waals surface area contributed by atoms with Gasteiger partial charge in [0.2, 0.25) is 0 Å². The van der Waals surface area contributed by atoms with Crippen LogP contribution in [0.25, 0.3) is 0 Å². The van der Waals surface area contributed by atoms with Gasteiger partial charge in [-0.05, 0) is 36.8 Å². The van der Waals surface area contributed by atoms with Crippen LogP contribution in [0, 0.1) is 29.6 Å². The summed E-state index contributed by atoms with van der Waals surface area (Å²) < 4.78 is 5.24. The summed E-state index contributed by atoms with van der Waals surface area (Å²) in [7, 11) is 1.54. The van der Waals surface area contributed by atoms with Crippen molar-refractivity contribution in [2.75, 3.05) is 17.7 Å². The fourth-order valence-electron chi connectivity index (χ4n) is 2.11. The van der Waals surface area contributed by atoms with Gasteiger partial charge in [0, 0.05) is 6.20 Å². The topological polar surface area (TPSA) is 97.9 Å². The SMILES string of the molecule is COc1ccc(C)cc1N/C=C(/C#N)C(=O)Nc1ccccc1C#N. The maximum Gasteiger partial charge on any atom is 0.267 e. The van der Waals surface area contributed by atoms with Crippen molar-refractivity contribution in [1.29, 1.82) is 10.5 Å². The Morgan fingerprint density at radius 2 is 1.92 bits per heavy atom. The maximum absolute atomic E-state index is 12.3. The molecule has 0 radical (unpaired) electrons. The van der Waals surface area contributed by atoms with E-state index in [-0.39, 0.29) is 5.57 Å². The number of ether oxygens (including phenoxy) is 1. The summed E-state index contributed by atoms with van der Waals surface area (Å²) in [5.74, 6) is -0.0151. The van der Waals surface area contributed by atoms with E-state index < -0.39 is 5.91 Å². The molecule has 6 nitrogen and oxygen atoms in total. The summed E-state index contributed by atoms with van der Waals surface area (Å²) in [6.07, 6.45) is 1.31. The lowest BCUT2D eigenvalue weighted by atomic mass is 10.2. The Labute approximate surface area is 146 Å².